The van der Waals surface area contributed by atoms with Gasteiger partial charge in [-0.3, -0.25) is 4.79 Å². The number of rotatable bonds is 3. The van der Waals surface area contributed by atoms with E-state index in [4.69, 9.17) is 0 Å². The molecule has 1 heterocycles. The normalized spacial score (nSPS) is 10.2. The number of hydrogen-bond donors (Lipinski definition) is 1. The summed E-state index contributed by atoms with van der Waals surface area (Å²) in [5.74, 6) is 0.476. The van der Waals surface area contributed by atoms with Crippen molar-refractivity contribution < 1.29 is 4.79 Å². The van der Waals surface area contributed by atoms with Crippen molar-refractivity contribution in [3.8, 4) is 11.4 Å². The first-order valence-corrected chi connectivity index (χ1v) is 6.98. The summed E-state index contributed by atoms with van der Waals surface area (Å²) < 4.78 is 0. The Morgan fingerprint density at radius 3 is 2.23 bits per heavy atom. The highest BCUT2D eigenvalue weighted by Crippen LogP contribution is 2.16. The highest BCUT2D eigenvalue weighted by atomic mass is 16.1. The molecule has 1 N–H and O–H groups in total. The van der Waals surface area contributed by atoms with Crippen LogP contribution in [0, 0.1) is 6.92 Å². The van der Waals surface area contributed by atoms with Crippen molar-refractivity contribution in [3.05, 3.63) is 78.1 Å². The predicted molar refractivity (Wildman–Crippen MR) is 86.6 cm³/mol. The Bertz CT molecular complexity index is 783. The van der Waals surface area contributed by atoms with Crippen LogP contribution in [0.3, 0.4) is 0 Å². The van der Waals surface area contributed by atoms with Crippen molar-refractivity contribution >= 4 is 11.6 Å². The van der Waals surface area contributed by atoms with E-state index in [0.717, 1.165) is 11.1 Å². The lowest BCUT2D eigenvalue weighted by molar-refractivity contribution is 0.102. The summed E-state index contributed by atoms with van der Waals surface area (Å²) in [6.07, 6.45) is 3.23. The van der Waals surface area contributed by atoms with Gasteiger partial charge < -0.3 is 5.32 Å². The van der Waals surface area contributed by atoms with E-state index >= 15 is 0 Å². The van der Waals surface area contributed by atoms with Gasteiger partial charge in [-0.25, -0.2) is 9.97 Å². The summed E-state index contributed by atoms with van der Waals surface area (Å²) in [5, 5.41) is 2.81. The van der Waals surface area contributed by atoms with Gasteiger partial charge in [0.05, 0.1) is 18.1 Å². The Morgan fingerprint density at radius 2 is 1.55 bits per heavy atom. The molecular weight excluding hydrogens is 274 g/mol. The van der Waals surface area contributed by atoms with Gasteiger partial charge in [-0.2, -0.15) is 0 Å². The smallest absolute Gasteiger partial charge is 0.256 e. The second-order valence-corrected chi connectivity index (χ2v) is 4.93. The Labute approximate surface area is 128 Å². The minimum absolute atomic E-state index is 0.158. The summed E-state index contributed by atoms with van der Waals surface area (Å²) in [6, 6.07) is 17.2. The molecule has 4 heteroatoms. The molecule has 22 heavy (non-hydrogen) atoms. The molecule has 108 valence electrons. The number of nitrogens with zero attached hydrogens (tertiary/aromatic N) is 2. The molecule has 2 aromatic carbocycles. The molecule has 0 unspecified atom stereocenters. The van der Waals surface area contributed by atoms with E-state index < -0.39 is 0 Å². The zero-order valence-electron chi connectivity index (χ0n) is 12.2. The molecule has 0 aliphatic carbocycles. The van der Waals surface area contributed by atoms with Crippen molar-refractivity contribution in [3.63, 3.8) is 0 Å². The fourth-order valence-corrected chi connectivity index (χ4v) is 2.15. The molecule has 1 aromatic heterocycles. The third-order valence-corrected chi connectivity index (χ3v) is 3.33. The van der Waals surface area contributed by atoms with Crippen LogP contribution in [0.25, 0.3) is 11.4 Å². The van der Waals surface area contributed by atoms with Crippen LogP contribution in [-0.2, 0) is 0 Å². The van der Waals surface area contributed by atoms with Crippen LogP contribution in [0.15, 0.2) is 67.0 Å². The van der Waals surface area contributed by atoms with E-state index in [1.807, 2.05) is 55.5 Å². The van der Waals surface area contributed by atoms with E-state index in [2.05, 4.69) is 15.3 Å². The topological polar surface area (TPSA) is 54.9 Å². The summed E-state index contributed by atoms with van der Waals surface area (Å²) in [7, 11) is 0. The molecule has 0 radical (unpaired) electrons. The number of hydrogen-bond acceptors (Lipinski definition) is 3. The number of nitrogens with one attached hydrogen (secondary N) is 1. The first kappa shape index (κ1) is 13.9. The maximum atomic E-state index is 12.2. The zero-order valence-corrected chi connectivity index (χ0v) is 12.2. The fourth-order valence-electron chi connectivity index (χ4n) is 2.15. The largest absolute Gasteiger partial charge is 0.319 e. The summed E-state index contributed by atoms with van der Waals surface area (Å²) in [6.45, 7) is 1.91. The molecule has 0 saturated carbocycles. The molecule has 1 amide bonds. The van der Waals surface area contributed by atoms with Crippen LogP contribution >= 0.6 is 0 Å². The van der Waals surface area contributed by atoms with E-state index in [0.29, 0.717) is 17.1 Å². The Morgan fingerprint density at radius 1 is 0.909 bits per heavy atom. The monoisotopic (exact) mass is 289 g/mol. The molecule has 0 bridgehead atoms. The Hall–Kier alpha value is -3.01. The van der Waals surface area contributed by atoms with Crippen molar-refractivity contribution in [2.24, 2.45) is 0 Å². The third-order valence-electron chi connectivity index (χ3n) is 3.33. The van der Waals surface area contributed by atoms with Crippen LogP contribution in [0.5, 0.6) is 0 Å². The van der Waals surface area contributed by atoms with E-state index in [1.54, 1.807) is 18.5 Å². The first-order valence-electron chi connectivity index (χ1n) is 6.98. The van der Waals surface area contributed by atoms with Gasteiger partial charge in [0, 0.05) is 11.1 Å². The quantitative estimate of drug-likeness (QED) is 0.799. The molecule has 0 aliphatic rings. The van der Waals surface area contributed by atoms with Gasteiger partial charge in [0.15, 0.2) is 5.82 Å². The number of carbonyl (C=O) groups is 1. The minimum atomic E-state index is -0.158. The Kier molecular flexibility index (Phi) is 3.92. The van der Waals surface area contributed by atoms with Gasteiger partial charge in [0.2, 0.25) is 0 Å². The zero-order chi connectivity index (χ0) is 15.4. The van der Waals surface area contributed by atoms with Crippen LogP contribution in [-0.4, -0.2) is 15.9 Å². The standard InChI is InChI=1S/C18H15N3O/c1-13-7-5-6-10-16(13)18(22)21-15-11-19-17(20-12-15)14-8-3-2-4-9-14/h2-12H,1H3,(H,21,22). The lowest BCUT2D eigenvalue weighted by Crippen LogP contribution is -2.13. The fraction of sp³-hybridized carbons (Fsp3) is 0.0556. The predicted octanol–water partition coefficient (Wildman–Crippen LogP) is 3.70. The number of benzene rings is 2. The second kappa shape index (κ2) is 6.18. The molecule has 3 aromatic rings. The van der Waals surface area contributed by atoms with Gasteiger partial charge in [0.25, 0.3) is 5.91 Å². The van der Waals surface area contributed by atoms with E-state index in [9.17, 15) is 4.79 Å². The van der Waals surface area contributed by atoms with Crippen molar-refractivity contribution in [1.29, 1.82) is 0 Å². The molecule has 0 spiro atoms. The number of carbonyl (C=O) groups excluding carboxylic acids is 1. The van der Waals surface area contributed by atoms with Gasteiger partial charge in [-0.1, -0.05) is 48.5 Å². The molecule has 0 aliphatic heterocycles. The second-order valence-electron chi connectivity index (χ2n) is 4.93. The SMILES string of the molecule is Cc1ccccc1C(=O)Nc1cnc(-c2ccccc2)nc1. The summed E-state index contributed by atoms with van der Waals surface area (Å²) >= 11 is 0. The molecule has 0 atom stereocenters. The highest BCUT2D eigenvalue weighted by molar-refractivity contribution is 6.05. The number of anilines is 1. The highest BCUT2D eigenvalue weighted by Gasteiger charge is 2.09. The van der Waals surface area contributed by atoms with Gasteiger partial charge in [-0.15, -0.1) is 0 Å². The summed E-state index contributed by atoms with van der Waals surface area (Å²) in [4.78, 5) is 20.8. The first-order chi connectivity index (χ1) is 10.7. The number of amides is 1. The lowest BCUT2D eigenvalue weighted by Gasteiger charge is -2.07. The number of aryl methyl sites for hydroxylation is 1. The average Bonchev–Trinajstić information content (AvgIpc) is 2.57. The molecule has 0 saturated heterocycles. The molecule has 0 fully saturated rings. The molecule has 3 rings (SSSR count). The van der Waals surface area contributed by atoms with Crippen molar-refractivity contribution in [1.82, 2.24) is 9.97 Å². The maximum Gasteiger partial charge on any atom is 0.256 e. The number of aromatic nitrogens is 2. The average molecular weight is 289 g/mol. The molecular formula is C18H15N3O. The van der Waals surface area contributed by atoms with E-state index in [1.165, 1.54) is 0 Å². The Balaban J connectivity index is 1.77. The van der Waals surface area contributed by atoms with Gasteiger partial charge in [0.1, 0.15) is 0 Å². The van der Waals surface area contributed by atoms with Gasteiger partial charge >= 0.3 is 0 Å². The van der Waals surface area contributed by atoms with Crippen LogP contribution in [0.1, 0.15) is 15.9 Å². The third kappa shape index (κ3) is 3.01. The lowest BCUT2D eigenvalue weighted by atomic mass is 10.1. The van der Waals surface area contributed by atoms with Crippen LogP contribution in [0.2, 0.25) is 0 Å². The van der Waals surface area contributed by atoms with Crippen molar-refractivity contribution in [2.45, 2.75) is 6.92 Å². The van der Waals surface area contributed by atoms with Crippen molar-refractivity contribution in [2.75, 3.05) is 5.32 Å². The van der Waals surface area contributed by atoms with Crippen LogP contribution < -0.4 is 5.32 Å². The summed E-state index contributed by atoms with van der Waals surface area (Å²) in [5.41, 5.74) is 3.10. The molecule has 4 nitrogen and oxygen atoms in total. The minimum Gasteiger partial charge on any atom is -0.319 e. The van der Waals surface area contributed by atoms with E-state index in [-0.39, 0.29) is 5.91 Å². The van der Waals surface area contributed by atoms with Gasteiger partial charge in [-0.05, 0) is 18.6 Å². The maximum absolute atomic E-state index is 12.2. The van der Waals surface area contributed by atoms with Crippen LogP contribution in [0.4, 0.5) is 5.69 Å².